The van der Waals surface area contributed by atoms with Crippen LogP contribution in [0.25, 0.3) is 16.8 Å². The summed E-state index contributed by atoms with van der Waals surface area (Å²) >= 11 is 0. The van der Waals surface area contributed by atoms with Crippen LogP contribution in [0.1, 0.15) is 17.4 Å². The van der Waals surface area contributed by atoms with E-state index in [1.54, 1.807) is 29.1 Å². The number of nitrogens with zero attached hydrogens (tertiary/aromatic N) is 3. The molecule has 0 aromatic carbocycles. The van der Waals surface area contributed by atoms with Gasteiger partial charge in [0, 0.05) is 24.5 Å². The molecular weight excluding hydrogens is 294 g/mol. The number of amides is 2. The van der Waals surface area contributed by atoms with Crippen LogP contribution in [0, 0.1) is 0 Å². The molecule has 0 unspecified atom stereocenters. The number of carbonyl (C=O) groups is 2. The molecule has 0 aliphatic heterocycles. The van der Waals surface area contributed by atoms with Crippen molar-refractivity contribution in [1.82, 2.24) is 19.7 Å². The van der Waals surface area contributed by atoms with Gasteiger partial charge in [-0.3, -0.25) is 19.5 Å². The molecule has 0 saturated carbocycles. The fourth-order valence-electron chi connectivity index (χ4n) is 2.29. The average Bonchev–Trinajstić information content (AvgIpc) is 2.97. The van der Waals surface area contributed by atoms with Crippen LogP contribution in [0.2, 0.25) is 0 Å². The van der Waals surface area contributed by atoms with E-state index >= 15 is 0 Å². The Hall–Kier alpha value is -3.22. The molecule has 2 N–H and O–H groups in total. The van der Waals surface area contributed by atoms with Crippen LogP contribution < -0.4 is 10.6 Å². The van der Waals surface area contributed by atoms with Gasteiger partial charge in [0.2, 0.25) is 0 Å². The largest absolute Gasteiger partial charge is 0.338 e. The van der Waals surface area contributed by atoms with Crippen molar-refractivity contribution in [2.24, 2.45) is 0 Å². The van der Waals surface area contributed by atoms with E-state index in [2.05, 4.69) is 20.6 Å². The van der Waals surface area contributed by atoms with Crippen molar-refractivity contribution in [2.75, 3.05) is 11.9 Å². The first-order valence-corrected chi connectivity index (χ1v) is 7.15. The molecule has 0 radical (unpaired) electrons. The van der Waals surface area contributed by atoms with E-state index in [0.29, 0.717) is 23.7 Å². The van der Waals surface area contributed by atoms with Crippen molar-refractivity contribution in [3.63, 3.8) is 0 Å². The van der Waals surface area contributed by atoms with E-state index in [9.17, 15) is 9.59 Å². The summed E-state index contributed by atoms with van der Waals surface area (Å²) in [4.78, 5) is 31.4. The van der Waals surface area contributed by atoms with Crippen LogP contribution in [0.15, 0.2) is 42.9 Å². The Balaban J connectivity index is 2.04. The lowest BCUT2D eigenvalue weighted by Gasteiger charge is -2.04. The standard InChI is InChI=1S/C16H15N5O2/c1-2-18-16(23)20-14-9-21-13(10-22)6-12(7-15(21)19-14)11-4-3-5-17-8-11/h3-10H,2H2,1H3,(H2,18,20,23). The predicted octanol–water partition coefficient (Wildman–Crippen LogP) is 2.35. The van der Waals surface area contributed by atoms with E-state index in [4.69, 9.17) is 0 Å². The maximum atomic E-state index is 11.6. The molecule has 3 aromatic rings. The SMILES string of the molecule is CCNC(=O)Nc1cn2c(C=O)cc(-c3cccnc3)cc2n1. The summed E-state index contributed by atoms with van der Waals surface area (Å²) in [6.07, 6.45) is 5.77. The van der Waals surface area contributed by atoms with Gasteiger partial charge in [-0.1, -0.05) is 6.07 Å². The molecule has 0 fully saturated rings. The highest BCUT2D eigenvalue weighted by Crippen LogP contribution is 2.22. The average molecular weight is 309 g/mol. The number of carbonyl (C=O) groups excluding carboxylic acids is 2. The summed E-state index contributed by atoms with van der Waals surface area (Å²) in [7, 11) is 0. The molecule has 0 spiro atoms. The Kier molecular flexibility index (Phi) is 4.01. The number of nitrogens with one attached hydrogen (secondary N) is 2. The van der Waals surface area contributed by atoms with Crippen molar-refractivity contribution in [3.8, 4) is 11.1 Å². The number of hydrogen-bond acceptors (Lipinski definition) is 4. The van der Waals surface area contributed by atoms with Crippen molar-refractivity contribution < 1.29 is 9.59 Å². The zero-order valence-corrected chi connectivity index (χ0v) is 12.5. The molecule has 3 aromatic heterocycles. The van der Waals surface area contributed by atoms with Crippen molar-refractivity contribution in [1.29, 1.82) is 0 Å². The van der Waals surface area contributed by atoms with Gasteiger partial charge in [-0.25, -0.2) is 9.78 Å². The van der Waals surface area contributed by atoms with Gasteiger partial charge < -0.3 is 5.32 Å². The lowest BCUT2D eigenvalue weighted by molar-refractivity contribution is 0.111. The Labute approximate surface area is 132 Å². The number of pyridine rings is 2. The highest BCUT2D eigenvalue weighted by atomic mass is 16.2. The first-order valence-electron chi connectivity index (χ1n) is 7.15. The molecule has 0 atom stereocenters. The zero-order valence-electron chi connectivity index (χ0n) is 12.5. The normalized spacial score (nSPS) is 10.5. The van der Waals surface area contributed by atoms with Crippen molar-refractivity contribution in [2.45, 2.75) is 6.92 Å². The molecule has 7 nitrogen and oxygen atoms in total. The lowest BCUT2D eigenvalue weighted by atomic mass is 10.1. The van der Waals surface area contributed by atoms with Gasteiger partial charge in [-0.15, -0.1) is 0 Å². The van der Waals surface area contributed by atoms with Crippen LogP contribution in [0.3, 0.4) is 0 Å². The van der Waals surface area contributed by atoms with E-state index < -0.39 is 0 Å². The Morgan fingerprint density at radius 3 is 2.91 bits per heavy atom. The van der Waals surface area contributed by atoms with E-state index in [-0.39, 0.29) is 6.03 Å². The molecule has 3 heterocycles. The van der Waals surface area contributed by atoms with Gasteiger partial charge in [0.1, 0.15) is 5.65 Å². The van der Waals surface area contributed by atoms with E-state index in [1.807, 2.05) is 25.1 Å². The van der Waals surface area contributed by atoms with Crippen LogP contribution >= 0.6 is 0 Å². The Bertz CT molecular complexity index is 858. The van der Waals surface area contributed by atoms with Crippen molar-refractivity contribution >= 4 is 23.8 Å². The van der Waals surface area contributed by atoms with Gasteiger partial charge >= 0.3 is 6.03 Å². The first-order chi connectivity index (χ1) is 11.2. The second kappa shape index (κ2) is 6.27. The second-order valence-corrected chi connectivity index (χ2v) is 4.87. The molecule has 23 heavy (non-hydrogen) atoms. The van der Waals surface area contributed by atoms with Gasteiger partial charge in [-0.05, 0) is 30.7 Å². The molecule has 3 rings (SSSR count). The number of anilines is 1. The number of urea groups is 1. The summed E-state index contributed by atoms with van der Waals surface area (Å²) in [5.41, 5.74) is 2.74. The summed E-state index contributed by atoms with van der Waals surface area (Å²) < 4.78 is 1.63. The number of hydrogen-bond donors (Lipinski definition) is 2. The molecule has 0 saturated heterocycles. The van der Waals surface area contributed by atoms with Gasteiger partial charge in [0.15, 0.2) is 12.1 Å². The third kappa shape index (κ3) is 3.03. The Morgan fingerprint density at radius 2 is 2.22 bits per heavy atom. The smallest absolute Gasteiger partial charge is 0.320 e. The highest BCUT2D eigenvalue weighted by Gasteiger charge is 2.10. The third-order valence-electron chi connectivity index (χ3n) is 3.29. The predicted molar refractivity (Wildman–Crippen MR) is 86.5 cm³/mol. The van der Waals surface area contributed by atoms with E-state index in [1.165, 1.54) is 0 Å². The summed E-state index contributed by atoms with van der Waals surface area (Å²) in [6.45, 7) is 2.35. The maximum Gasteiger partial charge on any atom is 0.320 e. The van der Waals surface area contributed by atoms with Crippen molar-refractivity contribution in [3.05, 3.63) is 48.5 Å². The minimum atomic E-state index is -0.337. The fourth-order valence-corrected chi connectivity index (χ4v) is 2.29. The molecule has 7 heteroatoms. The molecule has 116 valence electrons. The second-order valence-electron chi connectivity index (χ2n) is 4.87. The molecule has 0 aliphatic carbocycles. The summed E-state index contributed by atoms with van der Waals surface area (Å²) in [5.74, 6) is 0.377. The molecule has 2 amide bonds. The number of aromatic nitrogens is 3. The molecule has 0 aliphatic rings. The van der Waals surface area contributed by atoms with Gasteiger partial charge in [0.25, 0.3) is 0 Å². The summed E-state index contributed by atoms with van der Waals surface area (Å²) in [5, 5.41) is 5.26. The third-order valence-corrected chi connectivity index (χ3v) is 3.29. The minimum Gasteiger partial charge on any atom is -0.338 e. The van der Waals surface area contributed by atoms with Gasteiger partial charge in [0.05, 0.1) is 11.9 Å². The number of imidazole rings is 1. The highest BCUT2D eigenvalue weighted by molar-refractivity contribution is 5.89. The lowest BCUT2D eigenvalue weighted by Crippen LogP contribution is -2.28. The number of fused-ring (bicyclic) bond motifs is 1. The monoisotopic (exact) mass is 309 g/mol. The number of aldehydes is 1. The van der Waals surface area contributed by atoms with E-state index in [0.717, 1.165) is 17.4 Å². The molecule has 0 bridgehead atoms. The maximum absolute atomic E-state index is 11.6. The quantitative estimate of drug-likeness (QED) is 0.724. The number of rotatable bonds is 4. The molecular formula is C16H15N5O2. The van der Waals surface area contributed by atoms with Crippen LogP contribution in [-0.2, 0) is 0 Å². The Morgan fingerprint density at radius 1 is 1.35 bits per heavy atom. The van der Waals surface area contributed by atoms with Crippen LogP contribution in [-0.4, -0.2) is 33.2 Å². The minimum absolute atomic E-state index is 0.337. The summed E-state index contributed by atoms with van der Waals surface area (Å²) in [6, 6.07) is 7.00. The zero-order chi connectivity index (χ0) is 16.2. The van der Waals surface area contributed by atoms with Crippen LogP contribution in [0.5, 0.6) is 0 Å². The van der Waals surface area contributed by atoms with Crippen LogP contribution in [0.4, 0.5) is 10.6 Å². The fraction of sp³-hybridized carbons (Fsp3) is 0.125. The van der Waals surface area contributed by atoms with Gasteiger partial charge in [-0.2, -0.15) is 0 Å². The topological polar surface area (TPSA) is 88.4 Å². The first kappa shape index (κ1) is 14.7.